The van der Waals surface area contributed by atoms with Crippen LogP contribution in [-0.2, 0) is 0 Å². The van der Waals surface area contributed by atoms with Crippen molar-refractivity contribution in [1.29, 1.82) is 0 Å². The van der Waals surface area contributed by atoms with Crippen LogP contribution in [0.25, 0.3) is 0 Å². The van der Waals surface area contributed by atoms with Gasteiger partial charge in [0.1, 0.15) is 5.82 Å². The van der Waals surface area contributed by atoms with Gasteiger partial charge in [-0.15, -0.1) is 0 Å². The predicted molar refractivity (Wildman–Crippen MR) is 74.6 cm³/mol. The van der Waals surface area contributed by atoms with Gasteiger partial charge in [-0.1, -0.05) is 0 Å². The molecule has 0 spiro atoms. The first kappa shape index (κ1) is 13.5. The topological polar surface area (TPSA) is 83.3 Å². The van der Waals surface area contributed by atoms with Gasteiger partial charge in [0.2, 0.25) is 5.82 Å². The van der Waals surface area contributed by atoms with E-state index in [0.29, 0.717) is 11.6 Å². The van der Waals surface area contributed by atoms with Crippen molar-refractivity contribution in [3.8, 4) is 0 Å². The molecule has 1 atom stereocenters. The molecule has 0 amide bonds. The van der Waals surface area contributed by atoms with E-state index < -0.39 is 4.92 Å². The van der Waals surface area contributed by atoms with E-state index in [0.717, 1.165) is 26.1 Å². The van der Waals surface area contributed by atoms with Crippen LogP contribution in [0.15, 0.2) is 12.1 Å². The first-order valence-corrected chi connectivity index (χ1v) is 6.44. The quantitative estimate of drug-likeness (QED) is 0.620. The normalized spacial score (nSPS) is 19.4. The van der Waals surface area contributed by atoms with E-state index in [2.05, 4.69) is 20.5 Å². The summed E-state index contributed by atoms with van der Waals surface area (Å²) in [6.07, 6.45) is 0.973. The largest absolute Gasteiger partial charge is 0.370 e. The van der Waals surface area contributed by atoms with E-state index in [1.54, 1.807) is 6.07 Å². The molecule has 1 aliphatic heterocycles. The van der Waals surface area contributed by atoms with Crippen LogP contribution in [0.1, 0.15) is 13.3 Å². The van der Waals surface area contributed by atoms with Crippen LogP contribution < -0.4 is 10.6 Å². The van der Waals surface area contributed by atoms with Crippen LogP contribution in [0.5, 0.6) is 0 Å². The highest BCUT2D eigenvalue weighted by Gasteiger charge is 2.23. The lowest BCUT2D eigenvalue weighted by molar-refractivity contribution is -0.384. The maximum Gasteiger partial charge on any atom is 0.311 e. The number of pyridine rings is 1. The van der Waals surface area contributed by atoms with Crippen molar-refractivity contribution < 1.29 is 4.92 Å². The molecule has 1 saturated heterocycles. The van der Waals surface area contributed by atoms with Crippen molar-refractivity contribution in [1.82, 2.24) is 9.88 Å². The number of hydrogen-bond acceptors (Lipinski definition) is 6. The van der Waals surface area contributed by atoms with Gasteiger partial charge in [-0.3, -0.25) is 10.1 Å². The Hall–Kier alpha value is -1.89. The minimum absolute atomic E-state index is 0.0243. The van der Waals surface area contributed by atoms with E-state index >= 15 is 0 Å². The molecule has 0 bridgehead atoms. The zero-order valence-corrected chi connectivity index (χ0v) is 11.2. The van der Waals surface area contributed by atoms with Crippen molar-refractivity contribution >= 4 is 17.3 Å². The lowest BCUT2D eigenvalue weighted by Crippen LogP contribution is -2.24. The van der Waals surface area contributed by atoms with Gasteiger partial charge < -0.3 is 15.5 Å². The van der Waals surface area contributed by atoms with Crippen molar-refractivity contribution in [3.63, 3.8) is 0 Å². The molecule has 0 saturated carbocycles. The van der Waals surface area contributed by atoms with E-state index in [-0.39, 0.29) is 11.7 Å². The summed E-state index contributed by atoms with van der Waals surface area (Å²) < 4.78 is 0. The van der Waals surface area contributed by atoms with Crippen molar-refractivity contribution in [3.05, 3.63) is 22.2 Å². The lowest BCUT2D eigenvalue weighted by Gasteiger charge is -2.14. The average Bonchev–Trinajstić information content (AvgIpc) is 2.75. The third kappa shape index (κ3) is 3.31. The van der Waals surface area contributed by atoms with Crippen molar-refractivity contribution in [2.75, 3.05) is 37.3 Å². The molecular formula is C12H19N5O2. The maximum atomic E-state index is 11.0. The standard InChI is InChI=1S/C12H19N5O2/c1-3-13-11-5-4-10(17(18)19)12(15-11)14-9-6-7-16(2)8-9/h4-5,9H,3,6-8H2,1-2H3,(H2,13,14,15). The van der Waals surface area contributed by atoms with Gasteiger partial charge in [0.05, 0.1) is 4.92 Å². The second-order valence-corrected chi connectivity index (χ2v) is 4.74. The molecule has 1 fully saturated rings. The smallest absolute Gasteiger partial charge is 0.311 e. The number of likely N-dealkylation sites (N-methyl/N-ethyl adjacent to an activating group) is 1. The molecule has 1 aliphatic rings. The molecule has 0 aromatic carbocycles. The minimum Gasteiger partial charge on any atom is -0.370 e. The summed E-state index contributed by atoms with van der Waals surface area (Å²) in [5.41, 5.74) is 0.0243. The first-order valence-electron chi connectivity index (χ1n) is 6.44. The van der Waals surface area contributed by atoms with Gasteiger partial charge in [0, 0.05) is 25.2 Å². The van der Waals surface area contributed by atoms with Gasteiger partial charge in [0.25, 0.3) is 0 Å². The molecule has 7 heteroatoms. The molecule has 104 valence electrons. The number of anilines is 2. The summed E-state index contributed by atoms with van der Waals surface area (Å²) in [6, 6.07) is 3.34. The van der Waals surface area contributed by atoms with Gasteiger partial charge in [-0.05, 0) is 33.0 Å². The van der Waals surface area contributed by atoms with Crippen LogP contribution in [0.4, 0.5) is 17.3 Å². The van der Waals surface area contributed by atoms with E-state index in [1.165, 1.54) is 6.07 Å². The number of nitro groups is 1. The SMILES string of the molecule is CCNc1ccc([N+](=O)[O-])c(NC2CCN(C)C2)n1. The third-order valence-corrected chi connectivity index (χ3v) is 3.16. The fourth-order valence-electron chi connectivity index (χ4n) is 2.23. The molecule has 0 radical (unpaired) electrons. The zero-order chi connectivity index (χ0) is 13.8. The molecule has 7 nitrogen and oxygen atoms in total. The highest BCUT2D eigenvalue weighted by molar-refractivity contribution is 5.60. The Morgan fingerprint density at radius 2 is 2.37 bits per heavy atom. The molecule has 1 aromatic rings. The summed E-state index contributed by atoms with van der Waals surface area (Å²) in [5, 5.41) is 17.3. The number of hydrogen-bond donors (Lipinski definition) is 2. The third-order valence-electron chi connectivity index (χ3n) is 3.16. The average molecular weight is 265 g/mol. The van der Waals surface area contributed by atoms with Crippen LogP contribution >= 0.6 is 0 Å². The minimum atomic E-state index is -0.399. The Bertz CT molecular complexity index is 465. The van der Waals surface area contributed by atoms with Gasteiger partial charge in [-0.25, -0.2) is 4.98 Å². The summed E-state index contributed by atoms with van der Waals surface area (Å²) in [5.74, 6) is 1.01. The van der Waals surface area contributed by atoms with Crippen molar-refractivity contribution in [2.24, 2.45) is 0 Å². The lowest BCUT2D eigenvalue weighted by atomic mass is 10.2. The molecule has 2 N–H and O–H groups in total. The van der Waals surface area contributed by atoms with Crippen LogP contribution in [0, 0.1) is 10.1 Å². The van der Waals surface area contributed by atoms with Crippen LogP contribution in [0.2, 0.25) is 0 Å². The van der Waals surface area contributed by atoms with E-state index in [4.69, 9.17) is 0 Å². The van der Waals surface area contributed by atoms with E-state index in [9.17, 15) is 10.1 Å². The summed E-state index contributed by atoms with van der Waals surface area (Å²) in [6.45, 7) is 4.57. The highest BCUT2D eigenvalue weighted by atomic mass is 16.6. The number of aromatic nitrogens is 1. The molecule has 1 aromatic heterocycles. The zero-order valence-electron chi connectivity index (χ0n) is 11.2. The second-order valence-electron chi connectivity index (χ2n) is 4.74. The molecule has 2 heterocycles. The Labute approximate surface area is 112 Å². The number of rotatable bonds is 5. The Kier molecular flexibility index (Phi) is 4.16. The summed E-state index contributed by atoms with van der Waals surface area (Å²) in [7, 11) is 2.04. The van der Waals surface area contributed by atoms with Crippen molar-refractivity contribution in [2.45, 2.75) is 19.4 Å². The van der Waals surface area contributed by atoms with Crippen LogP contribution in [0.3, 0.4) is 0 Å². The monoisotopic (exact) mass is 265 g/mol. The number of likely N-dealkylation sites (tertiary alicyclic amines) is 1. The maximum absolute atomic E-state index is 11.0. The van der Waals surface area contributed by atoms with Gasteiger partial charge in [-0.2, -0.15) is 0 Å². The first-order chi connectivity index (χ1) is 9.10. The number of nitrogens with zero attached hydrogens (tertiary/aromatic N) is 3. The van der Waals surface area contributed by atoms with Crippen LogP contribution in [-0.4, -0.2) is 47.5 Å². The predicted octanol–water partition coefficient (Wildman–Crippen LogP) is 1.54. The highest BCUT2D eigenvalue weighted by Crippen LogP contribution is 2.26. The van der Waals surface area contributed by atoms with Gasteiger partial charge >= 0.3 is 5.69 Å². The molecular weight excluding hydrogens is 246 g/mol. The fourth-order valence-corrected chi connectivity index (χ4v) is 2.23. The molecule has 19 heavy (non-hydrogen) atoms. The summed E-state index contributed by atoms with van der Waals surface area (Å²) in [4.78, 5) is 17.1. The number of nitrogens with one attached hydrogen (secondary N) is 2. The molecule has 2 rings (SSSR count). The van der Waals surface area contributed by atoms with E-state index in [1.807, 2.05) is 14.0 Å². The Balaban J connectivity index is 2.19. The summed E-state index contributed by atoms with van der Waals surface area (Å²) >= 11 is 0. The fraction of sp³-hybridized carbons (Fsp3) is 0.583. The Morgan fingerprint density at radius 3 is 2.95 bits per heavy atom. The Morgan fingerprint density at radius 1 is 1.58 bits per heavy atom. The molecule has 0 aliphatic carbocycles. The van der Waals surface area contributed by atoms with Gasteiger partial charge in [0.15, 0.2) is 0 Å². The molecule has 1 unspecified atom stereocenters. The second kappa shape index (κ2) is 5.83.